The minimum absolute atomic E-state index is 0.133. The molecule has 2 nitrogen and oxygen atoms in total. The maximum atomic E-state index is 12.6. The minimum Gasteiger partial charge on any atom is -0.325 e. The summed E-state index contributed by atoms with van der Waals surface area (Å²) in [5, 5.41) is 0.899. The van der Waals surface area contributed by atoms with Crippen molar-refractivity contribution in [1.29, 1.82) is 0 Å². The predicted molar refractivity (Wildman–Crippen MR) is 78.7 cm³/mol. The smallest absolute Gasteiger partial charge is 0.325 e. The summed E-state index contributed by atoms with van der Waals surface area (Å²) in [4.78, 5) is 13.5. The fourth-order valence-electron chi connectivity index (χ4n) is 2.11. The van der Waals surface area contributed by atoms with Crippen LogP contribution in [0.1, 0.15) is 15.2 Å². The second kappa shape index (κ2) is 5.89. The molecule has 0 unspecified atom stereocenters. The zero-order valence-corrected chi connectivity index (χ0v) is 12.2. The number of halogens is 3. The topological polar surface area (TPSA) is 20.3 Å². The summed E-state index contributed by atoms with van der Waals surface area (Å²) in [7, 11) is 0. The van der Waals surface area contributed by atoms with Gasteiger partial charge in [0, 0.05) is 11.2 Å². The summed E-state index contributed by atoms with van der Waals surface area (Å²) in [5.74, 6) is -0.606. The Morgan fingerprint density at radius 1 is 1.38 bits per heavy atom. The molecule has 1 aromatic heterocycles. The second-order valence-corrected chi connectivity index (χ2v) is 5.69. The molecule has 0 saturated heterocycles. The fourth-order valence-corrected chi connectivity index (χ4v) is 3.29. The van der Waals surface area contributed by atoms with E-state index in [1.165, 1.54) is 17.4 Å². The summed E-state index contributed by atoms with van der Waals surface area (Å²) in [5.41, 5.74) is 0.719. The van der Waals surface area contributed by atoms with Gasteiger partial charge in [0.05, 0.1) is 4.88 Å². The lowest BCUT2D eigenvalue weighted by Gasteiger charge is -2.22. The molecule has 0 saturated carbocycles. The number of benzene rings is 1. The number of amides is 1. The number of rotatable bonds is 4. The van der Waals surface area contributed by atoms with E-state index in [0.717, 1.165) is 20.5 Å². The number of carbonyl (C=O) groups is 1. The van der Waals surface area contributed by atoms with E-state index in [1.54, 1.807) is 6.92 Å². The summed E-state index contributed by atoms with van der Waals surface area (Å²) in [6.07, 6.45) is -3.13. The van der Waals surface area contributed by atoms with Gasteiger partial charge in [0.2, 0.25) is 0 Å². The summed E-state index contributed by atoms with van der Waals surface area (Å²) >= 11 is 1.22. The summed E-state index contributed by atoms with van der Waals surface area (Å²) < 4.78 is 38.6. The van der Waals surface area contributed by atoms with Crippen molar-refractivity contribution >= 4 is 27.3 Å². The number of alkyl halides is 3. The number of hydrogen-bond donors (Lipinski definition) is 0. The van der Waals surface area contributed by atoms with Crippen molar-refractivity contribution in [3.05, 3.63) is 47.4 Å². The van der Waals surface area contributed by atoms with Gasteiger partial charge >= 0.3 is 6.18 Å². The zero-order chi connectivity index (χ0) is 15.6. The zero-order valence-electron chi connectivity index (χ0n) is 11.4. The maximum Gasteiger partial charge on any atom is 0.406 e. The van der Waals surface area contributed by atoms with Gasteiger partial charge in [-0.1, -0.05) is 24.3 Å². The first-order valence-electron chi connectivity index (χ1n) is 6.28. The number of carbonyl (C=O) groups excluding carboxylic acids is 1. The van der Waals surface area contributed by atoms with Gasteiger partial charge in [0.15, 0.2) is 0 Å². The van der Waals surface area contributed by atoms with Crippen molar-refractivity contribution in [2.45, 2.75) is 13.1 Å². The molecule has 2 aromatic rings. The van der Waals surface area contributed by atoms with Gasteiger partial charge < -0.3 is 4.90 Å². The van der Waals surface area contributed by atoms with Gasteiger partial charge in [-0.2, -0.15) is 13.2 Å². The molecule has 0 N–H and O–H groups in total. The molecular formula is C15H14F3NOS. The Bertz CT molecular complexity index is 675. The van der Waals surface area contributed by atoms with Gasteiger partial charge in [-0.15, -0.1) is 17.9 Å². The van der Waals surface area contributed by atoms with Crippen LogP contribution in [0, 0.1) is 6.92 Å². The van der Waals surface area contributed by atoms with Crippen LogP contribution in [0.25, 0.3) is 10.1 Å². The average molecular weight is 313 g/mol. The van der Waals surface area contributed by atoms with Crippen molar-refractivity contribution in [3.63, 3.8) is 0 Å². The molecule has 0 radical (unpaired) electrons. The van der Waals surface area contributed by atoms with Crippen molar-refractivity contribution in [2.24, 2.45) is 0 Å². The minimum atomic E-state index is -4.43. The lowest BCUT2D eigenvalue weighted by atomic mass is 10.1. The predicted octanol–water partition coefficient (Wildman–Crippen LogP) is 4.40. The van der Waals surface area contributed by atoms with Crippen LogP contribution in [0.3, 0.4) is 0 Å². The van der Waals surface area contributed by atoms with E-state index in [2.05, 4.69) is 6.58 Å². The van der Waals surface area contributed by atoms with Crippen LogP contribution in [-0.4, -0.2) is 30.1 Å². The number of thiophene rings is 1. The molecule has 1 aromatic carbocycles. The lowest BCUT2D eigenvalue weighted by molar-refractivity contribution is -0.139. The standard InChI is InChI=1S/C15H14F3NOS/c1-3-8-19(9-15(16,17)18)14(20)13-10(2)11-6-4-5-7-12(11)21-13/h3-7H,1,8-9H2,2H3. The average Bonchev–Trinajstić information content (AvgIpc) is 2.74. The van der Waals surface area contributed by atoms with E-state index in [1.807, 2.05) is 24.3 Å². The normalized spacial score (nSPS) is 11.6. The van der Waals surface area contributed by atoms with Crippen LogP contribution in [-0.2, 0) is 0 Å². The van der Waals surface area contributed by atoms with Crippen molar-refractivity contribution in [1.82, 2.24) is 4.90 Å². The first kappa shape index (κ1) is 15.6. The molecule has 21 heavy (non-hydrogen) atoms. The molecule has 6 heteroatoms. The number of fused-ring (bicyclic) bond motifs is 1. The van der Waals surface area contributed by atoms with E-state index >= 15 is 0 Å². The molecule has 1 heterocycles. The third kappa shape index (κ3) is 3.44. The Morgan fingerprint density at radius 2 is 2.05 bits per heavy atom. The Balaban J connectivity index is 2.38. The molecule has 0 aliphatic rings. The number of hydrogen-bond acceptors (Lipinski definition) is 2. The number of nitrogens with zero attached hydrogens (tertiary/aromatic N) is 1. The van der Waals surface area contributed by atoms with E-state index in [4.69, 9.17) is 0 Å². The lowest BCUT2D eigenvalue weighted by Crippen LogP contribution is -2.38. The third-order valence-corrected chi connectivity index (χ3v) is 4.31. The molecule has 0 bridgehead atoms. The first-order chi connectivity index (χ1) is 9.83. The molecule has 0 aliphatic heterocycles. The fraction of sp³-hybridized carbons (Fsp3) is 0.267. The van der Waals surface area contributed by atoms with Gasteiger partial charge in [-0.25, -0.2) is 0 Å². The molecule has 0 aliphatic carbocycles. The third-order valence-electron chi connectivity index (χ3n) is 3.04. The highest BCUT2D eigenvalue weighted by molar-refractivity contribution is 7.21. The van der Waals surface area contributed by atoms with Crippen LogP contribution in [0.2, 0.25) is 0 Å². The molecule has 0 fully saturated rings. The Morgan fingerprint density at radius 3 is 2.62 bits per heavy atom. The van der Waals surface area contributed by atoms with Crippen LogP contribution in [0.5, 0.6) is 0 Å². The molecular weight excluding hydrogens is 299 g/mol. The monoisotopic (exact) mass is 313 g/mol. The first-order valence-corrected chi connectivity index (χ1v) is 7.10. The van der Waals surface area contributed by atoms with Gasteiger partial charge in [0.1, 0.15) is 6.54 Å². The second-order valence-electron chi connectivity index (χ2n) is 4.64. The highest BCUT2D eigenvalue weighted by Crippen LogP contribution is 2.32. The molecule has 0 spiro atoms. The van der Waals surface area contributed by atoms with Crippen molar-refractivity contribution in [2.75, 3.05) is 13.1 Å². The van der Waals surface area contributed by atoms with E-state index in [-0.39, 0.29) is 6.54 Å². The van der Waals surface area contributed by atoms with Crippen LogP contribution >= 0.6 is 11.3 Å². The van der Waals surface area contributed by atoms with Gasteiger partial charge in [-0.05, 0) is 23.9 Å². The summed E-state index contributed by atoms with van der Waals surface area (Å²) in [6.45, 7) is 3.76. The Kier molecular flexibility index (Phi) is 4.37. The molecule has 1 amide bonds. The maximum absolute atomic E-state index is 12.6. The van der Waals surface area contributed by atoms with E-state index in [9.17, 15) is 18.0 Å². The number of aryl methyl sites for hydroxylation is 1. The largest absolute Gasteiger partial charge is 0.406 e. The Hall–Kier alpha value is -1.82. The van der Waals surface area contributed by atoms with Crippen LogP contribution in [0.15, 0.2) is 36.9 Å². The van der Waals surface area contributed by atoms with Crippen molar-refractivity contribution in [3.8, 4) is 0 Å². The highest BCUT2D eigenvalue weighted by Gasteiger charge is 2.33. The Labute approximate surface area is 124 Å². The van der Waals surface area contributed by atoms with Crippen LogP contribution in [0.4, 0.5) is 13.2 Å². The molecule has 112 valence electrons. The molecule has 0 atom stereocenters. The summed E-state index contributed by atoms with van der Waals surface area (Å²) in [6, 6.07) is 7.39. The van der Waals surface area contributed by atoms with Gasteiger partial charge in [0.25, 0.3) is 5.91 Å². The van der Waals surface area contributed by atoms with Gasteiger partial charge in [-0.3, -0.25) is 4.79 Å². The molecule has 2 rings (SSSR count). The van der Waals surface area contributed by atoms with E-state index < -0.39 is 18.6 Å². The van der Waals surface area contributed by atoms with Crippen molar-refractivity contribution < 1.29 is 18.0 Å². The highest BCUT2D eigenvalue weighted by atomic mass is 32.1. The van der Waals surface area contributed by atoms with Crippen LogP contribution < -0.4 is 0 Å². The SMILES string of the molecule is C=CCN(CC(F)(F)F)C(=O)c1sc2ccccc2c1C. The quantitative estimate of drug-likeness (QED) is 0.766. The van der Waals surface area contributed by atoms with E-state index in [0.29, 0.717) is 4.88 Å².